The van der Waals surface area contributed by atoms with Crippen molar-refractivity contribution in [2.24, 2.45) is 0 Å². The van der Waals surface area contributed by atoms with E-state index >= 15 is 0 Å². The van der Waals surface area contributed by atoms with E-state index in [9.17, 15) is 0 Å². The van der Waals surface area contributed by atoms with Gasteiger partial charge in [0.25, 0.3) is 0 Å². The zero-order valence-electron chi connectivity index (χ0n) is 13.1. The molecule has 2 heterocycles. The van der Waals surface area contributed by atoms with Gasteiger partial charge in [-0.1, -0.05) is 25.1 Å². The zero-order valence-corrected chi connectivity index (χ0v) is 13.1. The smallest absolute Gasteiger partial charge is 0.222 e. The van der Waals surface area contributed by atoms with Crippen molar-refractivity contribution in [3.8, 4) is 5.69 Å². The van der Waals surface area contributed by atoms with Crippen LogP contribution in [0.15, 0.2) is 30.3 Å². The fourth-order valence-corrected chi connectivity index (χ4v) is 2.44. The second kappa shape index (κ2) is 6.39. The lowest BCUT2D eigenvalue weighted by Gasteiger charge is -2.12. The molecule has 0 aliphatic carbocycles. The molecule has 0 fully saturated rings. The second-order valence-corrected chi connectivity index (χ2v) is 5.04. The molecule has 23 heavy (non-hydrogen) atoms. The number of nitrogens with one attached hydrogen (secondary N) is 1. The molecule has 118 valence electrons. The van der Waals surface area contributed by atoms with Gasteiger partial charge in [-0.2, -0.15) is 9.67 Å². The number of anilines is 2. The van der Waals surface area contributed by atoms with Gasteiger partial charge in [0.1, 0.15) is 5.82 Å². The molecule has 0 aliphatic heterocycles. The summed E-state index contributed by atoms with van der Waals surface area (Å²) < 4.78 is 1.69. The number of nitrogens with zero attached hydrogens (tertiary/aromatic N) is 6. The molecule has 0 radical (unpaired) electrons. The quantitative estimate of drug-likeness (QED) is 0.735. The van der Waals surface area contributed by atoms with Crippen LogP contribution < -0.4 is 11.1 Å². The lowest BCUT2D eigenvalue weighted by atomic mass is 10.1. The van der Waals surface area contributed by atoms with E-state index in [1.165, 1.54) is 0 Å². The summed E-state index contributed by atoms with van der Waals surface area (Å²) in [5.41, 5.74) is 8.57. The largest absolute Gasteiger partial charge is 0.368 e. The molecule has 3 rings (SSSR count). The maximum Gasteiger partial charge on any atom is 0.222 e. The number of aryl methyl sites for hydroxylation is 1. The van der Waals surface area contributed by atoms with Crippen molar-refractivity contribution >= 4 is 11.8 Å². The van der Waals surface area contributed by atoms with Crippen LogP contribution in [0.1, 0.15) is 24.0 Å². The summed E-state index contributed by atoms with van der Waals surface area (Å²) in [5, 5.41) is 15.1. The highest BCUT2D eigenvalue weighted by Gasteiger charge is 2.12. The van der Waals surface area contributed by atoms with E-state index in [1.807, 2.05) is 37.3 Å². The molecular formula is C15H18N8. The number of hydrogen-bond donors (Lipinski definition) is 2. The molecule has 2 aromatic heterocycles. The van der Waals surface area contributed by atoms with Crippen molar-refractivity contribution in [1.29, 1.82) is 0 Å². The minimum atomic E-state index is 0.254. The van der Waals surface area contributed by atoms with Crippen molar-refractivity contribution in [2.45, 2.75) is 26.8 Å². The van der Waals surface area contributed by atoms with Crippen LogP contribution in [-0.2, 0) is 13.0 Å². The topological polar surface area (TPSA) is 107 Å². The Bertz CT molecular complexity index is 796. The SMILES string of the molecule is CCc1c(C)nc(N)nc1NCc1nnnn1-c1ccccc1. The van der Waals surface area contributed by atoms with E-state index in [-0.39, 0.29) is 5.95 Å². The average molecular weight is 310 g/mol. The van der Waals surface area contributed by atoms with Gasteiger partial charge in [-0.15, -0.1) is 5.10 Å². The van der Waals surface area contributed by atoms with Gasteiger partial charge in [-0.05, 0) is 35.9 Å². The molecule has 8 heteroatoms. The molecule has 0 spiro atoms. The monoisotopic (exact) mass is 310 g/mol. The van der Waals surface area contributed by atoms with Gasteiger partial charge in [0.05, 0.1) is 12.2 Å². The first-order chi connectivity index (χ1) is 11.2. The third kappa shape index (κ3) is 3.10. The van der Waals surface area contributed by atoms with Crippen LogP contribution in [0.25, 0.3) is 5.69 Å². The number of aromatic nitrogens is 6. The Morgan fingerprint density at radius 2 is 1.96 bits per heavy atom. The molecular weight excluding hydrogens is 292 g/mol. The van der Waals surface area contributed by atoms with E-state index < -0.39 is 0 Å². The highest BCUT2D eigenvalue weighted by Crippen LogP contribution is 2.18. The number of benzene rings is 1. The molecule has 0 amide bonds. The number of nitrogen functional groups attached to an aromatic ring is 1. The Balaban J connectivity index is 1.84. The van der Waals surface area contributed by atoms with E-state index in [0.29, 0.717) is 12.4 Å². The minimum Gasteiger partial charge on any atom is -0.368 e. The van der Waals surface area contributed by atoms with Gasteiger partial charge in [0.15, 0.2) is 5.82 Å². The summed E-state index contributed by atoms with van der Waals surface area (Å²) in [6, 6.07) is 9.73. The molecule has 0 atom stereocenters. The first kappa shape index (κ1) is 14.9. The van der Waals surface area contributed by atoms with Gasteiger partial charge >= 0.3 is 0 Å². The Labute approximate surface area is 133 Å². The third-order valence-corrected chi connectivity index (χ3v) is 3.53. The highest BCUT2D eigenvalue weighted by molar-refractivity contribution is 5.49. The van der Waals surface area contributed by atoms with E-state index in [4.69, 9.17) is 5.73 Å². The van der Waals surface area contributed by atoms with Crippen LogP contribution in [0.5, 0.6) is 0 Å². The zero-order chi connectivity index (χ0) is 16.2. The third-order valence-electron chi connectivity index (χ3n) is 3.53. The number of hydrogen-bond acceptors (Lipinski definition) is 7. The second-order valence-electron chi connectivity index (χ2n) is 5.04. The molecule has 0 unspecified atom stereocenters. The van der Waals surface area contributed by atoms with Gasteiger partial charge in [-0.3, -0.25) is 0 Å². The van der Waals surface area contributed by atoms with Crippen molar-refractivity contribution in [3.05, 3.63) is 47.4 Å². The lowest BCUT2D eigenvalue weighted by Crippen LogP contribution is -2.13. The van der Waals surface area contributed by atoms with Gasteiger partial charge in [0.2, 0.25) is 5.95 Å². The summed E-state index contributed by atoms with van der Waals surface area (Å²) in [5.74, 6) is 1.66. The maximum atomic E-state index is 5.75. The van der Waals surface area contributed by atoms with Gasteiger partial charge in [-0.25, -0.2) is 4.98 Å². The highest BCUT2D eigenvalue weighted by atomic mass is 15.5. The first-order valence-electron chi connectivity index (χ1n) is 7.38. The summed E-state index contributed by atoms with van der Waals surface area (Å²) >= 11 is 0. The van der Waals surface area contributed by atoms with Crippen LogP contribution in [0.4, 0.5) is 11.8 Å². The van der Waals surface area contributed by atoms with Crippen LogP contribution in [0, 0.1) is 6.92 Å². The minimum absolute atomic E-state index is 0.254. The number of nitrogens with two attached hydrogens (primary N) is 1. The summed E-state index contributed by atoms with van der Waals surface area (Å²) in [7, 11) is 0. The summed E-state index contributed by atoms with van der Waals surface area (Å²) in [4.78, 5) is 8.48. The average Bonchev–Trinajstić information content (AvgIpc) is 3.02. The molecule has 0 saturated heterocycles. The van der Waals surface area contributed by atoms with Gasteiger partial charge in [0, 0.05) is 11.3 Å². The van der Waals surface area contributed by atoms with E-state index in [1.54, 1.807) is 4.68 Å². The van der Waals surface area contributed by atoms with E-state index in [0.717, 1.165) is 29.2 Å². The van der Waals surface area contributed by atoms with Crippen molar-refractivity contribution in [1.82, 2.24) is 30.2 Å². The van der Waals surface area contributed by atoms with Crippen LogP contribution >= 0.6 is 0 Å². The van der Waals surface area contributed by atoms with Crippen LogP contribution in [-0.4, -0.2) is 30.2 Å². The molecule has 0 aliphatic rings. The molecule has 3 N–H and O–H groups in total. The fourth-order valence-electron chi connectivity index (χ4n) is 2.44. The van der Waals surface area contributed by atoms with Gasteiger partial charge < -0.3 is 11.1 Å². The molecule has 8 nitrogen and oxygen atoms in total. The fraction of sp³-hybridized carbons (Fsp3) is 0.267. The lowest BCUT2D eigenvalue weighted by molar-refractivity contribution is 0.767. The predicted molar refractivity (Wildman–Crippen MR) is 87.0 cm³/mol. The van der Waals surface area contributed by atoms with Crippen molar-refractivity contribution in [3.63, 3.8) is 0 Å². The van der Waals surface area contributed by atoms with Crippen molar-refractivity contribution in [2.75, 3.05) is 11.1 Å². The van der Waals surface area contributed by atoms with Crippen LogP contribution in [0.3, 0.4) is 0 Å². The molecule has 0 bridgehead atoms. The Morgan fingerprint density at radius 1 is 1.17 bits per heavy atom. The standard InChI is InChI=1S/C15H18N8/c1-3-12-10(2)18-15(16)19-14(12)17-9-13-20-21-22-23(13)11-7-5-4-6-8-11/h4-8H,3,9H2,1-2H3,(H3,16,17,18,19). The Morgan fingerprint density at radius 3 is 2.70 bits per heavy atom. The predicted octanol–water partition coefficient (Wildman–Crippen LogP) is 1.52. The number of rotatable bonds is 5. The summed E-state index contributed by atoms with van der Waals surface area (Å²) in [6.45, 7) is 4.42. The Kier molecular flexibility index (Phi) is 4.13. The van der Waals surface area contributed by atoms with Crippen LogP contribution in [0.2, 0.25) is 0 Å². The summed E-state index contributed by atoms with van der Waals surface area (Å²) in [6.07, 6.45) is 0.818. The maximum absolute atomic E-state index is 5.75. The molecule has 3 aromatic rings. The van der Waals surface area contributed by atoms with Crippen molar-refractivity contribution < 1.29 is 0 Å². The normalized spacial score (nSPS) is 10.7. The number of tetrazole rings is 1. The molecule has 1 aromatic carbocycles. The Hall–Kier alpha value is -3.03. The number of para-hydroxylation sites is 1. The first-order valence-corrected chi connectivity index (χ1v) is 7.38. The molecule has 0 saturated carbocycles. The van der Waals surface area contributed by atoms with E-state index in [2.05, 4.69) is 37.7 Å².